The molecule has 100 valence electrons. The van der Waals surface area contributed by atoms with Gasteiger partial charge in [0.2, 0.25) is 5.88 Å². The van der Waals surface area contributed by atoms with Crippen LogP contribution in [-0.4, -0.2) is 9.97 Å². The van der Waals surface area contributed by atoms with E-state index < -0.39 is 0 Å². The number of ether oxygens (including phenoxy) is 1. The average molecular weight is 278 g/mol. The van der Waals surface area contributed by atoms with Gasteiger partial charge in [-0.2, -0.15) is 0 Å². The molecule has 0 radical (unpaired) electrons. The lowest BCUT2D eigenvalue weighted by molar-refractivity contribution is 0.289. The molecular formula is C14H16ClN3O. The molecule has 4 nitrogen and oxygen atoms in total. The van der Waals surface area contributed by atoms with E-state index >= 15 is 0 Å². The fourth-order valence-corrected chi connectivity index (χ4v) is 1.91. The van der Waals surface area contributed by atoms with Crippen LogP contribution < -0.4 is 10.5 Å². The third-order valence-electron chi connectivity index (χ3n) is 2.74. The Balaban J connectivity index is 2.15. The third kappa shape index (κ3) is 3.35. The molecule has 0 spiro atoms. The van der Waals surface area contributed by atoms with Crippen molar-refractivity contribution >= 4 is 17.4 Å². The largest absolute Gasteiger partial charge is 0.472 e. The van der Waals surface area contributed by atoms with Gasteiger partial charge in [-0.15, -0.1) is 0 Å². The molecular weight excluding hydrogens is 262 g/mol. The highest BCUT2D eigenvalue weighted by Crippen LogP contribution is 2.28. The van der Waals surface area contributed by atoms with Gasteiger partial charge in [-0.25, -0.2) is 9.97 Å². The van der Waals surface area contributed by atoms with Crippen LogP contribution in [0.5, 0.6) is 5.88 Å². The van der Waals surface area contributed by atoms with Crippen molar-refractivity contribution < 1.29 is 4.74 Å². The van der Waals surface area contributed by atoms with Gasteiger partial charge in [0.05, 0.1) is 5.56 Å². The number of hydrogen-bond acceptors (Lipinski definition) is 4. The summed E-state index contributed by atoms with van der Waals surface area (Å²) in [4.78, 5) is 8.15. The van der Waals surface area contributed by atoms with Gasteiger partial charge >= 0.3 is 0 Å². The fraction of sp³-hybridized carbons (Fsp3) is 0.286. The predicted octanol–water partition coefficient (Wildman–Crippen LogP) is 3.41. The maximum absolute atomic E-state index is 5.86. The molecule has 0 aliphatic carbocycles. The normalized spacial score (nSPS) is 10.7. The highest BCUT2D eigenvalue weighted by molar-refractivity contribution is 6.30. The molecule has 0 aliphatic rings. The van der Waals surface area contributed by atoms with Crippen LogP contribution in [0.2, 0.25) is 5.02 Å². The van der Waals surface area contributed by atoms with E-state index in [9.17, 15) is 0 Å². The molecule has 0 amide bonds. The van der Waals surface area contributed by atoms with E-state index in [0.717, 1.165) is 11.1 Å². The van der Waals surface area contributed by atoms with E-state index in [1.165, 1.54) is 6.33 Å². The summed E-state index contributed by atoms with van der Waals surface area (Å²) in [7, 11) is 0. The fourth-order valence-electron chi connectivity index (χ4n) is 1.78. The molecule has 19 heavy (non-hydrogen) atoms. The summed E-state index contributed by atoms with van der Waals surface area (Å²) >= 11 is 5.84. The monoisotopic (exact) mass is 277 g/mol. The van der Waals surface area contributed by atoms with Crippen molar-refractivity contribution in [3.63, 3.8) is 0 Å². The number of halogens is 1. The summed E-state index contributed by atoms with van der Waals surface area (Å²) < 4.78 is 5.73. The first-order valence-electron chi connectivity index (χ1n) is 6.05. The van der Waals surface area contributed by atoms with Crippen molar-refractivity contribution in [1.29, 1.82) is 0 Å². The molecule has 0 unspecified atom stereocenters. The molecule has 2 N–H and O–H groups in total. The molecule has 2 aromatic rings. The highest BCUT2D eigenvalue weighted by atomic mass is 35.5. The van der Waals surface area contributed by atoms with Gasteiger partial charge in [-0.05, 0) is 23.6 Å². The second-order valence-corrected chi connectivity index (χ2v) is 4.98. The lowest BCUT2D eigenvalue weighted by Gasteiger charge is -2.14. The van der Waals surface area contributed by atoms with E-state index in [0.29, 0.717) is 23.3 Å². The van der Waals surface area contributed by atoms with Crippen LogP contribution in [0.25, 0.3) is 0 Å². The number of anilines is 1. The summed E-state index contributed by atoms with van der Waals surface area (Å²) in [5.41, 5.74) is 7.73. The topological polar surface area (TPSA) is 61.0 Å². The molecule has 0 saturated heterocycles. The van der Waals surface area contributed by atoms with E-state index in [2.05, 4.69) is 9.97 Å². The highest BCUT2D eigenvalue weighted by Gasteiger charge is 2.14. The van der Waals surface area contributed by atoms with Crippen LogP contribution in [-0.2, 0) is 6.61 Å². The summed E-state index contributed by atoms with van der Waals surface area (Å²) in [5, 5.41) is 0.706. The Morgan fingerprint density at radius 2 is 1.89 bits per heavy atom. The number of nitrogens with zero attached hydrogens (tertiary/aromatic N) is 2. The zero-order chi connectivity index (χ0) is 13.8. The van der Waals surface area contributed by atoms with Gasteiger partial charge in [-0.3, -0.25) is 0 Å². The van der Waals surface area contributed by atoms with Gasteiger partial charge in [0.1, 0.15) is 18.8 Å². The van der Waals surface area contributed by atoms with Gasteiger partial charge in [-0.1, -0.05) is 37.6 Å². The minimum absolute atomic E-state index is 0.210. The standard InChI is InChI=1S/C14H16ClN3O/c1-9(2)12-13(16)17-8-18-14(12)19-7-10-3-5-11(15)6-4-10/h3-6,8-9H,7H2,1-2H3,(H2,16,17,18). The summed E-state index contributed by atoms with van der Waals surface area (Å²) in [5.74, 6) is 1.22. The minimum Gasteiger partial charge on any atom is -0.472 e. The van der Waals surface area contributed by atoms with Gasteiger partial charge < -0.3 is 10.5 Å². The Morgan fingerprint density at radius 1 is 1.21 bits per heavy atom. The van der Waals surface area contributed by atoms with E-state index in [1.54, 1.807) is 0 Å². The van der Waals surface area contributed by atoms with Crippen LogP contribution >= 0.6 is 11.6 Å². The second-order valence-electron chi connectivity index (χ2n) is 4.55. The van der Waals surface area contributed by atoms with Crippen LogP contribution in [0, 0.1) is 0 Å². The molecule has 5 heteroatoms. The Kier molecular flexibility index (Phi) is 4.22. The van der Waals surface area contributed by atoms with E-state index in [4.69, 9.17) is 22.1 Å². The first kappa shape index (κ1) is 13.6. The number of nitrogen functional groups attached to an aromatic ring is 1. The first-order valence-corrected chi connectivity index (χ1v) is 6.43. The molecule has 1 aromatic carbocycles. The van der Waals surface area contributed by atoms with Crippen molar-refractivity contribution in [2.45, 2.75) is 26.4 Å². The Labute approximate surface area is 117 Å². The van der Waals surface area contributed by atoms with Crippen molar-refractivity contribution in [3.05, 3.63) is 46.7 Å². The zero-order valence-electron chi connectivity index (χ0n) is 10.9. The second kappa shape index (κ2) is 5.89. The van der Waals surface area contributed by atoms with Crippen LogP contribution in [0.3, 0.4) is 0 Å². The number of rotatable bonds is 4. The smallest absolute Gasteiger partial charge is 0.222 e. The predicted molar refractivity (Wildman–Crippen MR) is 76.3 cm³/mol. The quantitative estimate of drug-likeness (QED) is 0.930. The molecule has 0 fully saturated rings. The summed E-state index contributed by atoms with van der Waals surface area (Å²) in [6.45, 7) is 4.49. The van der Waals surface area contributed by atoms with Gasteiger partial charge in [0.25, 0.3) is 0 Å². The number of benzene rings is 1. The van der Waals surface area contributed by atoms with E-state index in [-0.39, 0.29) is 5.92 Å². The summed E-state index contributed by atoms with van der Waals surface area (Å²) in [6, 6.07) is 7.50. The number of aromatic nitrogens is 2. The molecule has 1 aromatic heterocycles. The van der Waals surface area contributed by atoms with Crippen LogP contribution in [0.4, 0.5) is 5.82 Å². The molecule has 1 heterocycles. The maximum Gasteiger partial charge on any atom is 0.222 e. The Bertz CT molecular complexity index is 555. The molecule has 0 saturated carbocycles. The van der Waals surface area contributed by atoms with Crippen molar-refractivity contribution in [3.8, 4) is 5.88 Å². The first-order chi connectivity index (χ1) is 9.08. The molecule has 2 rings (SSSR count). The van der Waals surface area contributed by atoms with Gasteiger partial charge in [0.15, 0.2) is 0 Å². The Morgan fingerprint density at radius 3 is 2.53 bits per heavy atom. The Hall–Kier alpha value is -1.81. The number of hydrogen-bond donors (Lipinski definition) is 1. The maximum atomic E-state index is 5.86. The molecule has 0 bridgehead atoms. The molecule has 0 atom stereocenters. The molecule has 0 aliphatic heterocycles. The van der Waals surface area contributed by atoms with Crippen molar-refractivity contribution in [2.24, 2.45) is 0 Å². The van der Waals surface area contributed by atoms with E-state index in [1.807, 2.05) is 38.1 Å². The van der Waals surface area contributed by atoms with Crippen LogP contribution in [0.15, 0.2) is 30.6 Å². The minimum atomic E-state index is 0.210. The zero-order valence-corrected chi connectivity index (χ0v) is 11.7. The van der Waals surface area contributed by atoms with Crippen molar-refractivity contribution in [1.82, 2.24) is 9.97 Å². The average Bonchev–Trinajstić information content (AvgIpc) is 2.37. The van der Waals surface area contributed by atoms with Crippen molar-refractivity contribution in [2.75, 3.05) is 5.73 Å². The number of nitrogens with two attached hydrogens (primary N) is 1. The lowest BCUT2D eigenvalue weighted by atomic mass is 10.1. The SMILES string of the molecule is CC(C)c1c(N)ncnc1OCc1ccc(Cl)cc1. The third-order valence-corrected chi connectivity index (χ3v) is 3.00. The summed E-state index contributed by atoms with van der Waals surface area (Å²) in [6.07, 6.45) is 1.42. The van der Waals surface area contributed by atoms with Crippen LogP contribution in [0.1, 0.15) is 30.9 Å². The lowest BCUT2D eigenvalue weighted by Crippen LogP contribution is -2.06. The van der Waals surface area contributed by atoms with Gasteiger partial charge in [0, 0.05) is 5.02 Å².